The minimum absolute atomic E-state index is 0.115. The van der Waals surface area contributed by atoms with Crippen LogP contribution in [0.2, 0.25) is 0 Å². The van der Waals surface area contributed by atoms with Gasteiger partial charge in [-0.25, -0.2) is 0 Å². The van der Waals surface area contributed by atoms with E-state index >= 15 is 0 Å². The zero-order chi connectivity index (χ0) is 9.12. The molecule has 0 unspecified atom stereocenters. The van der Waals surface area contributed by atoms with Crippen LogP contribution in [-0.2, 0) is 4.74 Å². The maximum atomic E-state index is 5.07. The molecule has 0 bridgehead atoms. The van der Waals surface area contributed by atoms with Crippen LogP contribution < -0.4 is 0 Å². The SMILES string of the molecule is COC(C)(C)/N=N/C(C)(C)C. The first-order valence-corrected chi connectivity index (χ1v) is 3.76. The van der Waals surface area contributed by atoms with E-state index in [1.807, 2.05) is 34.6 Å². The Labute approximate surface area is 68.9 Å². The Morgan fingerprint density at radius 1 is 0.909 bits per heavy atom. The van der Waals surface area contributed by atoms with E-state index < -0.39 is 5.72 Å². The van der Waals surface area contributed by atoms with Gasteiger partial charge >= 0.3 is 0 Å². The van der Waals surface area contributed by atoms with E-state index in [1.54, 1.807) is 7.11 Å². The molecule has 0 radical (unpaired) electrons. The fraction of sp³-hybridized carbons (Fsp3) is 1.00. The normalized spacial score (nSPS) is 14.4. The molecule has 0 rings (SSSR count). The van der Waals surface area contributed by atoms with Crippen molar-refractivity contribution in [2.45, 2.75) is 45.9 Å². The summed E-state index contributed by atoms with van der Waals surface area (Å²) in [6.07, 6.45) is 0. The van der Waals surface area contributed by atoms with Crippen molar-refractivity contribution in [3.63, 3.8) is 0 Å². The van der Waals surface area contributed by atoms with Gasteiger partial charge in [0.1, 0.15) is 0 Å². The summed E-state index contributed by atoms with van der Waals surface area (Å²) in [5, 5.41) is 8.15. The van der Waals surface area contributed by atoms with Crippen LogP contribution in [0, 0.1) is 0 Å². The van der Waals surface area contributed by atoms with Crippen LogP contribution >= 0.6 is 0 Å². The van der Waals surface area contributed by atoms with Gasteiger partial charge in [-0.2, -0.15) is 10.2 Å². The van der Waals surface area contributed by atoms with Crippen LogP contribution in [-0.4, -0.2) is 18.4 Å². The fourth-order valence-corrected chi connectivity index (χ4v) is 0.311. The lowest BCUT2D eigenvalue weighted by atomic mass is 10.1. The summed E-state index contributed by atoms with van der Waals surface area (Å²) in [5.74, 6) is 0. The number of hydrogen-bond acceptors (Lipinski definition) is 3. The van der Waals surface area contributed by atoms with Gasteiger partial charge in [0.2, 0.25) is 0 Å². The van der Waals surface area contributed by atoms with Gasteiger partial charge in [-0.15, -0.1) is 0 Å². The minimum atomic E-state index is -0.493. The Kier molecular flexibility index (Phi) is 3.17. The summed E-state index contributed by atoms with van der Waals surface area (Å²) < 4.78 is 5.07. The highest BCUT2D eigenvalue weighted by atomic mass is 16.5. The van der Waals surface area contributed by atoms with Crippen molar-refractivity contribution in [3.8, 4) is 0 Å². The molecule has 66 valence electrons. The van der Waals surface area contributed by atoms with E-state index in [2.05, 4.69) is 10.2 Å². The smallest absolute Gasteiger partial charge is 0.172 e. The maximum Gasteiger partial charge on any atom is 0.172 e. The molecule has 0 aliphatic rings. The lowest BCUT2D eigenvalue weighted by Gasteiger charge is -2.18. The van der Waals surface area contributed by atoms with Crippen molar-refractivity contribution < 1.29 is 4.74 Å². The third kappa shape index (κ3) is 5.98. The Hall–Kier alpha value is -0.440. The van der Waals surface area contributed by atoms with Gasteiger partial charge < -0.3 is 4.74 Å². The average molecular weight is 158 g/mol. The number of rotatable bonds is 2. The van der Waals surface area contributed by atoms with Crippen molar-refractivity contribution in [1.82, 2.24) is 0 Å². The van der Waals surface area contributed by atoms with Crippen LogP contribution in [0.1, 0.15) is 34.6 Å². The third-order valence-corrected chi connectivity index (χ3v) is 1.09. The molecule has 0 aromatic heterocycles. The molecule has 0 aliphatic heterocycles. The van der Waals surface area contributed by atoms with Gasteiger partial charge in [0, 0.05) is 7.11 Å². The highest BCUT2D eigenvalue weighted by Gasteiger charge is 2.16. The van der Waals surface area contributed by atoms with Crippen LogP contribution in [0.3, 0.4) is 0 Å². The lowest BCUT2D eigenvalue weighted by Crippen LogP contribution is -2.20. The second-order valence-corrected chi connectivity index (χ2v) is 4.02. The Bertz CT molecular complexity index is 145. The quantitative estimate of drug-likeness (QED) is 0.569. The number of ether oxygens (including phenoxy) is 1. The molecule has 0 saturated carbocycles. The van der Waals surface area contributed by atoms with Crippen LogP contribution in [0.15, 0.2) is 10.2 Å². The first kappa shape index (κ1) is 10.6. The molecule has 0 spiro atoms. The number of hydrogen-bond donors (Lipinski definition) is 0. The standard InChI is InChI=1S/C8H18N2O/c1-7(2,3)9-10-8(4,5)11-6/h1-6H3/b10-9+. The van der Waals surface area contributed by atoms with Crippen molar-refractivity contribution in [3.05, 3.63) is 0 Å². The summed E-state index contributed by atoms with van der Waals surface area (Å²) in [7, 11) is 1.63. The topological polar surface area (TPSA) is 34.0 Å². The highest BCUT2D eigenvalue weighted by Crippen LogP contribution is 2.14. The molecule has 0 aromatic rings. The molecular weight excluding hydrogens is 140 g/mol. The molecular formula is C8H18N2O. The van der Waals surface area contributed by atoms with E-state index in [0.29, 0.717) is 0 Å². The average Bonchev–Trinajstić information content (AvgIpc) is 1.83. The van der Waals surface area contributed by atoms with Gasteiger partial charge in [0.25, 0.3) is 0 Å². The van der Waals surface area contributed by atoms with Crippen molar-refractivity contribution in [1.29, 1.82) is 0 Å². The fourth-order valence-electron chi connectivity index (χ4n) is 0.311. The molecule has 0 atom stereocenters. The van der Waals surface area contributed by atoms with Crippen LogP contribution in [0.25, 0.3) is 0 Å². The van der Waals surface area contributed by atoms with E-state index in [-0.39, 0.29) is 5.54 Å². The molecule has 3 nitrogen and oxygen atoms in total. The van der Waals surface area contributed by atoms with E-state index in [0.717, 1.165) is 0 Å². The maximum absolute atomic E-state index is 5.07. The van der Waals surface area contributed by atoms with Crippen LogP contribution in [0.5, 0.6) is 0 Å². The molecule has 0 heterocycles. The molecule has 11 heavy (non-hydrogen) atoms. The summed E-state index contributed by atoms with van der Waals surface area (Å²) in [4.78, 5) is 0. The lowest BCUT2D eigenvalue weighted by molar-refractivity contribution is 0.0220. The van der Waals surface area contributed by atoms with Crippen molar-refractivity contribution >= 4 is 0 Å². The van der Waals surface area contributed by atoms with Gasteiger partial charge in [0.05, 0.1) is 5.54 Å². The summed E-state index contributed by atoms with van der Waals surface area (Å²) >= 11 is 0. The monoisotopic (exact) mass is 158 g/mol. The number of methoxy groups -OCH3 is 1. The van der Waals surface area contributed by atoms with Gasteiger partial charge in [-0.1, -0.05) is 0 Å². The second-order valence-electron chi connectivity index (χ2n) is 4.02. The van der Waals surface area contributed by atoms with Gasteiger partial charge in [-0.05, 0) is 34.6 Å². The molecule has 0 fully saturated rings. The van der Waals surface area contributed by atoms with Crippen molar-refractivity contribution in [2.24, 2.45) is 10.2 Å². The summed E-state index contributed by atoms with van der Waals surface area (Å²) in [6.45, 7) is 9.76. The summed E-state index contributed by atoms with van der Waals surface area (Å²) in [5.41, 5.74) is -0.608. The highest BCUT2D eigenvalue weighted by molar-refractivity contribution is 4.70. The largest absolute Gasteiger partial charge is 0.356 e. The zero-order valence-corrected chi connectivity index (χ0v) is 8.30. The number of azo groups is 1. The summed E-state index contributed by atoms with van der Waals surface area (Å²) in [6, 6.07) is 0. The van der Waals surface area contributed by atoms with E-state index in [9.17, 15) is 0 Å². The first-order valence-electron chi connectivity index (χ1n) is 3.76. The van der Waals surface area contributed by atoms with E-state index in [1.165, 1.54) is 0 Å². The van der Waals surface area contributed by atoms with Crippen molar-refractivity contribution in [2.75, 3.05) is 7.11 Å². The number of nitrogens with zero attached hydrogens (tertiary/aromatic N) is 2. The van der Waals surface area contributed by atoms with Gasteiger partial charge in [-0.3, -0.25) is 0 Å². The molecule has 3 heteroatoms. The predicted octanol–water partition coefficient (Wildman–Crippen LogP) is 2.62. The third-order valence-electron chi connectivity index (χ3n) is 1.09. The molecule has 0 saturated heterocycles. The molecule has 0 aromatic carbocycles. The predicted molar refractivity (Wildman–Crippen MR) is 45.7 cm³/mol. The second kappa shape index (κ2) is 3.30. The van der Waals surface area contributed by atoms with Crippen LogP contribution in [0.4, 0.5) is 0 Å². The molecule has 0 amide bonds. The Morgan fingerprint density at radius 3 is 1.64 bits per heavy atom. The zero-order valence-electron chi connectivity index (χ0n) is 8.30. The minimum Gasteiger partial charge on any atom is -0.356 e. The first-order chi connectivity index (χ1) is 4.77. The Balaban J connectivity index is 4.13. The molecule has 0 N–H and O–H groups in total. The van der Waals surface area contributed by atoms with E-state index in [4.69, 9.17) is 4.74 Å². The molecule has 0 aliphatic carbocycles. The Morgan fingerprint density at radius 2 is 1.36 bits per heavy atom. The van der Waals surface area contributed by atoms with Gasteiger partial charge in [0.15, 0.2) is 5.72 Å².